The Morgan fingerprint density at radius 2 is 1.93 bits per heavy atom. The molecule has 0 saturated carbocycles. The molecule has 0 aliphatic rings. The summed E-state index contributed by atoms with van der Waals surface area (Å²) in [4.78, 5) is 11.2. The summed E-state index contributed by atoms with van der Waals surface area (Å²) in [6.07, 6.45) is -5.10. The van der Waals surface area contributed by atoms with Gasteiger partial charge in [0, 0.05) is 27.8 Å². The number of rotatable bonds is 4. The fraction of sp³-hybridized carbons (Fsp3) is 0.875. The Morgan fingerprint density at radius 1 is 1.43 bits per heavy atom. The molecule has 0 aliphatic heterocycles. The van der Waals surface area contributed by atoms with E-state index >= 15 is 0 Å². The molecule has 2 nitrogen and oxygen atoms in total. The first-order chi connectivity index (χ1) is 6.28. The molecule has 0 saturated heterocycles. The van der Waals surface area contributed by atoms with Gasteiger partial charge in [0.05, 0.1) is 0 Å². The monoisotopic (exact) mass is 227 g/mol. The van der Waals surface area contributed by atoms with E-state index in [4.69, 9.17) is 0 Å². The average molecular weight is 227 g/mol. The molecular formula is C8H16F3NOSi. The number of nitrogens with one attached hydrogen (secondary N) is 1. The van der Waals surface area contributed by atoms with Crippen molar-refractivity contribution in [2.75, 3.05) is 7.05 Å². The van der Waals surface area contributed by atoms with E-state index < -0.39 is 26.9 Å². The van der Waals surface area contributed by atoms with Gasteiger partial charge < -0.3 is 5.32 Å². The second-order valence-electron chi connectivity index (χ2n) is 3.62. The highest BCUT2D eigenvalue weighted by atomic mass is 28.3. The van der Waals surface area contributed by atoms with E-state index in [-0.39, 0.29) is 12.3 Å². The Kier molecular flexibility index (Phi) is 5.18. The molecule has 0 rings (SSSR count). The van der Waals surface area contributed by atoms with Crippen molar-refractivity contribution in [1.82, 2.24) is 5.32 Å². The van der Waals surface area contributed by atoms with Gasteiger partial charge in [-0.25, -0.2) is 0 Å². The molecule has 6 heteroatoms. The summed E-state index contributed by atoms with van der Waals surface area (Å²) in [5, 5.41) is 2.41. The normalized spacial score (nSPS) is 14.2. The summed E-state index contributed by atoms with van der Waals surface area (Å²) >= 11 is 0. The molecule has 0 spiro atoms. The summed E-state index contributed by atoms with van der Waals surface area (Å²) in [5.74, 6) is -0.254. The van der Waals surface area contributed by atoms with Crippen molar-refractivity contribution in [3.8, 4) is 0 Å². The van der Waals surface area contributed by atoms with Crippen LogP contribution in [0.25, 0.3) is 0 Å². The van der Waals surface area contributed by atoms with Gasteiger partial charge in [0.2, 0.25) is 5.91 Å². The van der Waals surface area contributed by atoms with Crippen LogP contribution < -0.4 is 5.32 Å². The van der Waals surface area contributed by atoms with Crippen LogP contribution in [0.4, 0.5) is 13.2 Å². The van der Waals surface area contributed by atoms with Crippen LogP contribution in [0.15, 0.2) is 0 Å². The van der Waals surface area contributed by atoms with Crippen molar-refractivity contribution in [1.29, 1.82) is 0 Å². The third-order valence-electron chi connectivity index (χ3n) is 2.13. The van der Waals surface area contributed by atoms with Crippen LogP contribution in [0.5, 0.6) is 0 Å². The lowest BCUT2D eigenvalue weighted by molar-refractivity contribution is -0.137. The van der Waals surface area contributed by atoms with Crippen molar-refractivity contribution in [3.05, 3.63) is 0 Å². The molecule has 0 aromatic carbocycles. The van der Waals surface area contributed by atoms with Crippen molar-refractivity contribution in [2.24, 2.45) is 0 Å². The standard InChI is InChI=1S/C8H16F3NOSi/c1-12-7(13)6(14(2)3)4-5-8(9,10)11/h6,14H,4-5H2,1-3H3,(H,12,13). The summed E-state index contributed by atoms with van der Waals surface area (Å²) in [6, 6.07) is 0. The highest BCUT2D eigenvalue weighted by molar-refractivity contribution is 6.61. The minimum atomic E-state index is -4.16. The predicted octanol–water partition coefficient (Wildman–Crippen LogP) is 1.93. The van der Waals surface area contributed by atoms with E-state index in [1.54, 1.807) is 0 Å². The maximum absolute atomic E-state index is 11.9. The van der Waals surface area contributed by atoms with Crippen LogP contribution in [-0.2, 0) is 4.79 Å². The van der Waals surface area contributed by atoms with Crippen molar-refractivity contribution in [3.63, 3.8) is 0 Å². The molecule has 0 aliphatic carbocycles. The van der Waals surface area contributed by atoms with E-state index in [2.05, 4.69) is 5.32 Å². The molecule has 1 atom stereocenters. The van der Waals surface area contributed by atoms with E-state index in [0.717, 1.165) is 0 Å². The lowest BCUT2D eigenvalue weighted by atomic mass is 10.2. The van der Waals surface area contributed by atoms with Gasteiger partial charge in [-0.3, -0.25) is 4.79 Å². The van der Waals surface area contributed by atoms with Gasteiger partial charge in [-0.15, -0.1) is 0 Å². The van der Waals surface area contributed by atoms with Crippen molar-refractivity contribution >= 4 is 14.7 Å². The summed E-state index contributed by atoms with van der Waals surface area (Å²) < 4.78 is 35.8. The molecule has 0 aromatic rings. The van der Waals surface area contributed by atoms with Gasteiger partial charge in [0.15, 0.2) is 0 Å². The zero-order valence-electron chi connectivity index (χ0n) is 8.61. The topological polar surface area (TPSA) is 29.1 Å². The van der Waals surface area contributed by atoms with E-state index in [1.807, 2.05) is 13.1 Å². The minimum absolute atomic E-state index is 0.0763. The Labute approximate surface area is 83.5 Å². The van der Waals surface area contributed by atoms with Crippen molar-refractivity contribution in [2.45, 2.75) is 37.7 Å². The van der Waals surface area contributed by atoms with E-state index in [9.17, 15) is 18.0 Å². The third kappa shape index (κ3) is 5.26. The van der Waals surface area contributed by atoms with Crippen LogP contribution in [0.3, 0.4) is 0 Å². The number of amides is 1. The van der Waals surface area contributed by atoms with E-state index in [1.165, 1.54) is 7.05 Å². The molecular weight excluding hydrogens is 211 g/mol. The fourth-order valence-electron chi connectivity index (χ4n) is 1.27. The SMILES string of the molecule is CNC(=O)C(CCC(F)(F)F)[SiH](C)C. The van der Waals surface area contributed by atoms with Crippen LogP contribution in [0, 0.1) is 0 Å². The Morgan fingerprint density at radius 3 is 2.21 bits per heavy atom. The summed E-state index contributed by atoms with van der Waals surface area (Å²) in [5.41, 5.74) is -0.415. The number of carbonyl (C=O) groups excluding carboxylic acids is 1. The molecule has 0 aromatic heterocycles. The van der Waals surface area contributed by atoms with Crippen LogP contribution >= 0.6 is 0 Å². The number of halogens is 3. The van der Waals surface area contributed by atoms with E-state index in [0.29, 0.717) is 0 Å². The maximum atomic E-state index is 11.9. The molecule has 0 radical (unpaired) electrons. The summed E-state index contributed by atoms with van der Waals surface area (Å²) in [7, 11) is 0.0955. The highest BCUT2D eigenvalue weighted by Gasteiger charge is 2.31. The molecule has 0 heterocycles. The number of hydrogen-bond acceptors (Lipinski definition) is 1. The first-order valence-corrected chi connectivity index (χ1v) is 7.54. The number of carbonyl (C=O) groups is 1. The smallest absolute Gasteiger partial charge is 0.359 e. The second-order valence-corrected chi connectivity index (χ2v) is 6.91. The van der Waals surface area contributed by atoms with Gasteiger partial charge in [0.25, 0.3) is 0 Å². The molecule has 0 fully saturated rings. The lowest BCUT2D eigenvalue weighted by Gasteiger charge is -2.18. The molecule has 14 heavy (non-hydrogen) atoms. The first kappa shape index (κ1) is 13.5. The Bertz CT molecular complexity index is 194. The maximum Gasteiger partial charge on any atom is 0.389 e. The predicted molar refractivity (Wildman–Crippen MR) is 52.0 cm³/mol. The lowest BCUT2D eigenvalue weighted by Crippen LogP contribution is -2.31. The molecule has 1 unspecified atom stereocenters. The van der Waals surface area contributed by atoms with Gasteiger partial charge in [-0.05, 0) is 6.42 Å². The zero-order valence-corrected chi connectivity index (χ0v) is 9.77. The average Bonchev–Trinajstić information content (AvgIpc) is 2.01. The highest BCUT2D eigenvalue weighted by Crippen LogP contribution is 2.27. The molecule has 0 bridgehead atoms. The van der Waals surface area contributed by atoms with Gasteiger partial charge in [-0.2, -0.15) is 13.2 Å². The van der Waals surface area contributed by atoms with Crippen LogP contribution in [0.2, 0.25) is 18.6 Å². The Hall–Kier alpha value is -0.523. The molecule has 1 amide bonds. The zero-order chi connectivity index (χ0) is 11.4. The van der Waals surface area contributed by atoms with Crippen LogP contribution in [0.1, 0.15) is 12.8 Å². The van der Waals surface area contributed by atoms with Gasteiger partial charge >= 0.3 is 6.18 Å². The van der Waals surface area contributed by atoms with Crippen molar-refractivity contribution < 1.29 is 18.0 Å². The van der Waals surface area contributed by atoms with Gasteiger partial charge in [-0.1, -0.05) is 13.1 Å². The number of alkyl halides is 3. The van der Waals surface area contributed by atoms with Gasteiger partial charge in [0.1, 0.15) is 0 Å². The molecule has 84 valence electrons. The number of hydrogen-bond donors (Lipinski definition) is 1. The summed E-state index contributed by atoms with van der Waals surface area (Å²) in [6.45, 7) is 3.77. The van der Waals surface area contributed by atoms with Crippen LogP contribution in [-0.4, -0.2) is 27.9 Å². The largest absolute Gasteiger partial charge is 0.389 e. The third-order valence-corrected chi connectivity index (χ3v) is 4.37. The minimum Gasteiger partial charge on any atom is -0.359 e. The molecule has 1 N–H and O–H groups in total. The Balaban J connectivity index is 4.18. The first-order valence-electron chi connectivity index (χ1n) is 4.56. The fourth-order valence-corrected chi connectivity index (χ4v) is 2.88. The second kappa shape index (κ2) is 5.38. The quantitative estimate of drug-likeness (QED) is 0.731.